The number of carbonyl (C=O) groups excluding carboxylic acids is 2. The molecule has 0 N–H and O–H groups in total. The number of amides is 2. The van der Waals surface area contributed by atoms with Crippen molar-refractivity contribution in [2.75, 3.05) is 36.2 Å². The summed E-state index contributed by atoms with van der Waals surface area (Å²) in [4.78, 5) is 30.2. The number of fused-ring (bicyclic) bond motifs is 2. The number of ether oxygens (including phenoxy) is 2. The van der Waals surface area contributed by atoms with Crippen molar-refractivity contribution in [3.8, 4) is 5.75 Å². The van der Waals surface area contributed by atoms with E-state index in [9.17, 15) is 9.59 Å². The minimum absolute atomic E-state index is 0.227. The molecule has 2 aromatic carbocycles. The van der Waals surface area contributed by atoms with Gasteiger partial charge in [0.2, 0.25) is 6.67 Å². The van der Waals surface area contributed by atoms with Gasteiger partial charge in [0, 0.05) is 18.2 Å². The summed E-state index contributed by atoms with van der Waals surface area (Å²) in [5.41, 5.74) is 3.12. The van der Waals surface area contributed by atoms with Gasteiger partial charge in [-0.2, -0.15) is 0 Å². The first-order valence-corrected chi connectivity index (χ1v) is 11.0. The SMILES string of the molecule is CC(C)N1[C]N(C(C)C)c2cc(OCCOCCN3C(=O)c4ccccc4C3=O)ccc21. The number of imide groups is 1. The maximum atomic E-state index is 12.4. The third-order valence-electron chi connectivity index (χ3n) is 5.55. The predicted octanol–water partition coefficient (Wildman–Crippen LogP) is 3.82. The molecular weight excluding hydrogens is 406 g/mol. The van der Waals surface area contributed by atoms with E-state index < -0.39 is 0 Å². The van der Waals surface area contributed by atoms with Crippen molar-refractivity contribution in [3.05, 3.63) is 60.3 Å². The van der Waals surface area contributed by atoms with Crippen LogP contribution in [0.15, 0.2) is 42.5 Å². The molecule has 0 saturated carbocycles. The van der Waals surface area contributed by atoms with Crippen molar-refractivity contribution >= 4 is 23.2 Å². The first-order valence-electron chi connectivity index (χ1n) is 11.0. The fraction of sp³-hybridized carbons (Fsp3) is 0.400. The summed E-state index contributed by atoms with van der Waals surface area (Å²) >= 11 is 0. The molecule has 0 bridgehead atoms. The van der Waals surface area contributed by atoms with Gasteiger partial charge in [0.15, 0.2) is 0 Å². The van der Waals surface area contributed by atoms with Crippen LogP contribution in [0.5, 0.6) is 5.75 Å². The second-order valence-corrected chi connectivity index (χ2v) is 8.45. The molecule has 0 aliphatic carbocycles. The Bertz CT molecular complexity index is 969. The van der Waals surface area contributed by atoms with Crippen LogP contribution in [0.25, 0.3) is 0 Å². The summed E-state index contributed by atoms with van der Waals surface area (Å²) < 4.78 is 11.5. The van der Waals surface area contributed by atoms with Gasteiger partial charge in [-0.1, -0.05) is 12.1 Å². The molecule has 0 unspecified atom stereocenters. The topological polar surface area (TPSA) is 62.3 Å². The largest absolute Gasteiger partial charge is 0.491 e. The molecule has 0 spiro atoms. The number of hydrogen-bond acceptors (Lipinski definition) is 6. The molecule has 168 valence electrons. The average Bonchev–Trinajstić information content (AvgIpc) is 3.27. The van der Waals surface area contributed by atoms with E-state index in [1.165, 1.54) is 4.90 Å². The fourth-order valence-electron chi connectivity index (χ4n) is 3.92. The van der Waals surface area contributed by atoms with Gasteiger partial charge in [0.1, 0.15) is 12.4 Å². The molecule has 2 aliphatic heterocycles. The van der Waals surface area contributed by atoms with Gasteiger partial charge < -0.3 is 19.3 Å². The third-order valence-corrected chi connectivity index (χ3v) is 5.55. The minimum atomic E-state index is -0.262. The van der Waals surface area contributed by atoms with Crippen LogP contribution < -0.4 is 14.5 Å². The third kappa shape index (κ3) is 4.17. The van der Waals surface area contributed by atoms with Crippen LogP contribution in [-0.2, 0) is 4.74 Å². The normalized spacial score (nSPS) is 15.2. The first-order chi connectivity index (χ1) is 15.4. The van der Waals surface area contributed by atoms with E-state index >= 15 is 0 Å². The molecule has 2 heterocycles. The molecule has 7 heteroatoms. The summed E-state index contributed by atoms with van der Waals surface area (Å²) in [6, 6.07) is 13.5. The van der Waals surface area contributed by atoms with E-state index in [1.807, 2.05) is 12.1 Å². The van der Waals surface area contributed by atoms with Crippen LogP contribution in [0.1, 0.15) is 48.4 Å². The molecule has 7 nitrogen and oxygen atoms in total. The Balaban J connectivity index is 1.25. The molecule has 0 saturated heterocycles. The summed E-state index contributed by atoms with van der Waals surface area (Å²) in [7, 11) is 0. The summed E-state index contributed by atoms with van der Waals surface area (Å²) in [6.07, 6.45) is 0. The van der Waals surface area contributed by atoms with Crippen LogP contribution in [0, 0.1) is 6.67 Å². The number of rotatable bonds is 9. The van der Waals surface area contributed by atoms with Gasteiger partial charge in [-0.3, -0.25) is 14.5 Å². The Morgan fingerprint density at radius 2 is 1.44 bits per heavy atom. The molecule has 2 radical (unpaired) electrons. The highest BCUT2D eigenvalue weighted by Crippen LogP contribution is 2.42. The molecule has 0 fully saturated rings. The average molecular weight is 436 g/mol. The lowest BCUT2D eigenvalue weighted by molar-refractivity contribution is 0.0528. The zero-order valence-corrected chi connectivity index (χ0v) is 19.0. The Labute approximate surface area is 189 Å². The smallest absolute Gasteiger partial charge is 0.261 e. The van der Waals surface area contributed by atoms with Gasteiger partial charge in [-0.15, -0.1) is 0 Å². The van der Waals surface area contributed by atoms with Gasteiger partial charge in [-0.05, 0) is 52.0 Å². The number of nitrogens with zero attached hydrogens (tertiary/aromatic N) is 3. The molecule has 4 rings (SSSR count). The van der Waals surface area contributed by atoms with Crippen molar-refractivity contribution < 1.29 is 19.1 Å². The second kappa shape index (κ2) is 9.20. The van der Waals surface area contributed by atoms with Crippen LogP contribution >= 0.6 is 0 Å². The lowest BCUT2D eigenvalue weighted by atomic mass is 10.1. The highest BCUT2D eigenvalue weighted by Gasteiger charge is 2.34. The van der Waals surface area contributed by atoms with Crippen molar-refractivity contribution in [1.29, 1.82) is 0 Å². The highest BCUT2D eigenvalue weighted by molar-refractivity contribution is 6.21. The van der Waals surface area contributed by atoms with E-state index in [-0.39, 0.29) is 25.0 Å². The van der Waals surface area contributed by atoms with E-state index in [1.54, 1.807) is 24.3 Å². The summed E-state index contributed by atoms with van der Waals surface area (Å²) in [6.45, 7) is 13.2. The lowest BCUT2D eigenvalue weighted by Gasteiger charge is -2.24. The Hall–Kier alpha value is -3.06. The van der Waals surface area contributed by atoms with Crippen molar-refractivity contribution in [2.24, 2.45) is 0 Å². The van der Waals surface area contributed by atoms with Crippen molar-refractivity contribution in [3.63, 3.8) is 0 Å². The van der Waals surface area contributed by atoms with E-state index in [0.717, 1.165) is 17.1 Å². The van der Waals surface area contributed by atoms with Gasteiger partial charge in [0.05, 0.1) is 42.3 Å². The van der Waals surface area contributed by atoms with E-state index in [4.69, 9.17) is 9.47 Å². The van der Waals surface area contributed by atoms with Crippen molar-refractivity contribution in [2.45, 2.75) is 39.8 Å². The van der Waals surface area contributed by atoms with Gasteiger partial charge in [-0.25, -0.2) is 0 Å². The lowest BCUT2D eigenvalue weighted by Crippen LogP contribution is -2.33. The predicted molar refractivity (Wildman–Crippen MR) is 123 cm³/mol. The number of anilines is 2. The molecule has 0 atom stereocenters. The quantitative estimate of drug-likeness (QED) is 0.441. The van der Waals surface area contributed by atoms with Gasteiger partial charge in [0.25, 0.3) is 11.8 Å². The highest BCUT2D eigenvalue weighted by atomic mass is 16.5. The van der Waals surface area contributed by atoms with Crippen molar-refractivity contribution in [1.82, 2.24) is 4.90 Å². The first kappa shape index (κ1) is 22.1. The minimum Gasteiger partial charge on any atom is -0.491 e. The molecule has 2 aromatic rings. The van der Waals surface area contributed by atoms with Crippen LogP contribution in [0.2, 0.25) is 0 Å². The van der Waals surface area contributed by atoms with Crippen LogP contribution in [0.4, 0.5) is 11.4 Å². The van der Waals surface area contributed by atoms with E-state index in [0.29, 0.717) is 36.4 Å². The number of benzene rings is 2. The molecule has 2 aliphatic rings. The Morgan fingerprint density at radius 3 is 2.06 bits per heavy atom. The maximum Gasteiger partial charge on any atom is 0.261 e. The number of hydrogen-bond donors (Lipinski definition) is 0. The molecule has 32 heavy (non-hydrogen) atoms. The van der Waals surface area contributed by atoms with E-state index in [2.05, 4.69) is 50.2 Å². The Kier molecular flexibility index (Phi) is 6.37. The monoisotopic (exact) mass is 435 g/mol. The van der Waals surface area contributed by atoms with Gasteiger partial charge >= 0.3 is 0 Å². The molecule has 2 amide bonds. The molecule has 0 aromatic heterocycles. The summed E-state index contributed by atoms with van der Waals surface area (Å²) in [5, 5.41) is 0. The Morgan fingerprint density at radius 1 is 0.812 bits per heavy atom. The van der Waals surface area contributed by atoms with Crippen LogP contribution in [0.3, 0.4) is 0 Å². The number of carbonyl (C=O) groups is 2. The fourth-order valence-corrected chi connectivity index (χ4v) is 3.92. The van der Waals surface area contributed by atoms with Crippen LogP contribution in [-0.4, -0.2) is 55.2 Å². The standard InChI is InChI=1S/C25H29N3O4/c1-17(2)27-16-28(18(3)4)23-15-19(9-10-22(23)27)32-14-13-31-12-11-26-24(29)20-7-5-6-8-21(20)25(26)30/h5-10,15,17-18H,11-14H2,1-4H3. The zero-order valence-electron chi connectivity index (χ0n) is 19.0. The summed E-state index contributed by atoms with van der Waals surface area (Å²) in [5.74, 6) is 0.246. The zero-order chi connectivity index (χ0) is 22.8. The maximum absolute atomic E-state index is 12.4. The molecular formula is C25H29N3O4. The second-order valence-electron chi connectivity index (χ2n) is 8.45.